The number of hydrogen-bond donors (Lipinski definition) is 1. The summed E-state index contributed by atoms with van der Waals surface area (Å²) in [6.07, 6.45) is 3.91. The topological polar surface area (TPSA) is 46.5 Å². The summed E-state index contributed by atoms with van der Waals surface area (Å²) in [5.41, 5.74) is 0.426. The second kappa shape index (κ2) is 10.8. The quantitative estimate of drug-likeness (QED) is 0.437. The van der Waals surface area contributed by atoms with Gasteiger partial charge in [-0.1, -0.05) is 45.4 Å². The van der Waals surface area contributed by atoms with Crippen LogP contribution in [-0.2, 0) is 4.74 Å². The molecule has 1 N–H and O–H groups in total. The molecule has 0 aliphatic rings. The van der Waals surface area contributed by atoms with Crippen LogP contribution in [0.4, 0.5) is 4.79 Å². The molecule has 0 aliphatic carbocycles. The van der Waals surface area contributed by atoms with Crippen molar-refractivity contribution in [3.63, 3.8) is 0 Å². The van der Waals surface area contributed by atoms with Crippen LogP contribution in [0.1, 0.15) is 53.4 Å². The van der Waals surface area contributed by atoms with E-state index in [4.69, 9.17) is 9.84 Å². The van der Waals surface area contributed by atoms with Gasteiger partial charge >= 0.3 is 5.71 Å². The Balaban J connectivity index is 4.66. The number of hydrogen-bond acceptors (Lipinski definition) is 2. The summed E-state index contributed by atoms with van der Waals surface area (Å²) in [7, 11) is -1.61. The second-order valence-electron chi connectivity index (χ2n) is 5.09. The average molecular weight is 300 g/mol. The highest BCUT2D eigenvalue weighted by Crippen LogP contribution is 2.26. The summed E-state index contributed by atoms with van der Waals surface area (Å²) in [4.78, 5) is 11.0. The molecular formula is C16H29O3P. The lowest BCUT2D eigenvalue weighted by molar-refractivity contribution is 0.165. The van der Waals surface area contributed by atoms with Crippen molar-refractivity contribution in [2.75, 3.05) is 6.61 Å². The first-order valence-corrected chi connectivity index (χ1v) is 8.98. The molecule has 0 bridgehead atoms. The Labute approximate surface area is 124 Å². The molecule has 0 saturated heterocycles. The van der Waals surface area contributed by atoms with Crippen molar-refractivity contribution in [2.24, 2.45) is 5.92 Å². The van der Waals surface area contributed by atoms with E-state index in [2.05, 4.69) is 27.4 Å². The van der Waals surface area contributed by atoms with Gasteiger partial charge in [0.25, 0.3) is 0 Å². The molecule has 0 aromatic heterocycles. The molecule has 0 saturated carbocycles. The Hall–Kier alpha value is -0.950. The van der Waals surface area contributed by atoms with E-state index in [0.717, 1.165) is 18.8 Å². The minimum Gasteiger partial charge on any atom is -0.498 e. The summed E-state index contributed by atoms with van der Waals surface area (Å²) in [5.74, 6) is 4.94. The molecule has 0 fully saturated rings. The summed E-state index contributed by atoms with van der Waals surface area (Å²) >= 11 is 0. The molecule has 2 atom stereocenters. The fourth-order valence-corrected chi connectivity index (χ4v) is 2.96. The average Bonchev–Trinajstić information content (AvgIpc) is 2.41. The fraction of sp³-hybridized carbons (Fsp3) is 0.625. The van der Waals surface area contributed by atoms with Gasteiger partial charge in [-0.25, -0.2) is 4.79 Å². The fourth-order valence-electron chi connectivity index (χ4n) is 1.97. The molecule has 0 aromatic rings. The van der Waals surface area contributed by atoms with Crippen LogP contribution in [0.25, 0.3) is 0 Å². The lowest BCUT2D eigenvalue weighted by Gasteiger charge is -2.15. The van der Waals surface area contributed by atoms with Crippen LogP contribution in [0, 0.1) is 5.92 Å². The Morgan fingerprint density at radius 2 is 2.10 bits per heavy atom. The van der Waals surface area contributed by atoms with Crippen LogP contribution in [0.2, 0.25) is 0 Å². The van der Waals surface area contributed by atoms with E-state index < -0.39 is 13.3 Å². The normalized spacial score (nSPS) is 15.4. The van der Waals surface area contributed by atoms with Crippen molar-refractivity contribution in [2.45, 2.75) is 53.4 Å². The zero-order valence-electron chi connectivity index (χ0n) is 13.2. The van der Waals surface area contributed by atoms with Gasteiger partial charge in [0.2, 0.25) is 0 Å². The number of ether oxygens (including phenoxy) is 1. The van der Waals surface area contributed by atoms with Gasteiger partial charge in [-0.05, 0) is 37.7 Å². The SMILES string of the molecule is C=C/[PH](=C\C/C(CC)=C(\C)OCC(C)CCC)C(=O)O. The Kier molecular flexibility index (Phi) is 10.3. The predicted molar refractivity (Wildman–Crippen MR) is 90.2 cm³/mol. The lowest BCUT2D eigenvalue weighted by Crippen LogP contribution is -2.06. The summed E-state index contributed by atoms with van der Waals surface area (Å²) in [6.45, 7) is 12.8. The summed E-state index contributed by atoms with van der Waals surface area (Å²) in [5, 5.41) is 9.03. The van der Waals surface area contributed by atoms with Crippen LogP contribution in [0.15, 0.2) is 23.7 Å². The smallest absolute Gasteiger partial charge is 0.323 e. The molecule has 0 aromatic carbocycles. The number of carboxylic acid groups (broad SMARTS) is 1. The van der Waals surface area contributed by atoms with Crippen LogP contribution < -0.4 is 0 Å². The molecule has 0 spiro atoms. The van der Waals surface area contributed by atoms with Gasteiger partial charge in [0, 0.05) is 7.55 Å². The van der Waals surface area contributed by atoms with Crippen LogP contribution >= 0.6 is 7.55 Å². The second-order valence-corrected chi connectivity index (χ2v) is 7.25. The molecule has 0 rings (SSSR count). The highest BCUT2D eigenvalue weighted by Gasteiger charge is 2.06. The van der Waals surface area contributed by atoms with E-state index in [0.29, 0.717) is 12.3 Å². The molecule has 116 valence electrons. The van der Waals surface area contributed by atoms with Crippen molar-refractivity contribution < 1.29 is 14.6 Å². The standard InChI is InChI=1S/C16H29O3P/c1-6-9-13(4)12-19-14(5)15(7-2)10-11-20(8-3)16(17)18/h8,11,13,20H,3,6-7,9-10,12H2,1-2,4-5H3,(H,17,18)/b15-14+. The molecule has 0 aliphatic heterocycles. The van der Waals surface area contributed by atoms with E-state index in [1.807, 2.05) is 12.7 Å². The Bertz CT molecular complexity index is 383. The van der Waals surface area contributed by atoms with E-state index in [9.17, 15) is 4.79 Å². The maximum atomic E-state index is 11.0. The predicted octanol–water partition coefficient (Wildman–Crippen LogP) is 5.35. The van der Waals surface area contributed by atoms with Crippen molar-refractivity contribution in [1.82, 2.24) is 0 Å². The molecule has 0 radical (unpaired) electrons. The molecule has 20 heavy (non-hydrogen) atoms. The van der Waals surface area contributed by atoms with Crippen molar-refractivity contribution in [3.05, 3.63) is 23.7 Å². The van der Waals surface area contributed by atoms with E-state index in [-0.39, 0.29) is 0 Å². The highest BCUT2D eigenvalue weighted by molar-refractivity contribution is 7.75. The molecular weight excluding hydrogens is 271 g/mol. The van der Waals surface area contributed by atoms with Crippen LogP contribution in [0.3, 0.4) is 0 Å². The highest BCUT2D eigenvalue weighted by atomic mass is 31.1. The van der Waals surface area contributed by atoms with Gasteiger partial charge in [-0.3, -0.25) is 0 Å². The molecule has 3 nitrogen and oxygen atoms in total. The van der Waals surface area contributed by atoms with Crippen molar-refractivity contribution >= 4 is 19.1 Å². The summed E-state index contributed by atoms with van der Waals surface area (Å²) < 4.78 is 5.83. The lowest BCUT2D eigenvalue weighted by atomic mass is 10.1. The van der Waals surface area contributed by atoms with Gasteiger partial charge in [-0.2, -0.15) is 0 Å². The number of carbonyl (C=O) groups is 1. The zero-order valence-corrected chi connectivity index (χ0v) is 14.2. The van der Waals surface area contributed by atoms with Gasteiger partial charge in [0.1, 0.15) is 0 Å². The van der Waals surface area contributed by atoms with Gasteiger partial charge < -0.3 is 9.84 Å². The first kappa shape index (κ1) is 19.1. The van der Waals surface area contributed by atoms with Gasteiger partial charge in [0.15, 0.2) is 0 Å². The largest absolute Gasteiger partial charge is 0.498 e. The Morgan fingerprint density at radius 3 is 2.55 bits per heavy atom. The van der Waals surface area contributed by atoms with E-state index in [1.165, 1.54) is 18.4 Å². The molecule has 0 amide bonds. The number of rotatable bonds is 10. The third-order valence-corrected chi connectivity index (χ3v) is 4.90. The molecule has 4 heteroatoms. The minimum absolute atomic E-state index is 0.559. The van der Waals surface area contributed by atoms with Crippen molar-refractivity contribution in [3.8, 4) is 0 Å². The monoisotopic (exact) mass is 300 g/mol. The van der Waals surface area contributed by atoms with Gasteiger partial charge in [0.05, 0.1) is 12.4 Å². The molecule has 2 unspecified atom stereocenters. The number of allylic oxidation sites excluding steroid dienone is 2. The first-order valence-electron chi connectivity index (χ1n) is 7.33. The summed E-state index contributed by atoms with van der Waals surface area (Å²) in [6, 6.07) is 0. The zero-order chi connectivity index (χ0) is 15.5. The first-order chi connectivity index (χ1) is 9.46. The third kappa shape index (κ3) is 7.59. The Morgan fingerprint density at radius 1 is 1.45 bits per heavy atom. The third-order valence-electron chi connectivity index (χ3n) is 3.33. The maximum absolute atomic E-state index is 11.0. The van der Waals surface area contributed by atoms with E-state index >= 15 is 0 Å². The van der Waals surface area contributed by atoms with E-state index in [1.54, 1.807) is 5.82 Å². The van der Waals surface area contributed by atoms with Crippen LogP contribution in [-0.4, -0.2) is 23.2 Å². The van der Waals surface area contributed by atoms with Crippen LogP contribution in [0.5, 0.6) is 0 Å². The van der Waals surface area contributed by atoms with Gasteiger partial charge in [-0.15, -0.1) is 0 Å². The minimum atomic E-state index is -1.61. The molecule has 0 heterocycles. The maximum Gasteiger partial charge on any atom is 0.323 e. The van der Waals surface area contributed by atoms with Crippen molar-refractivity contribution in [1.29, 1.82) is 0 Å².